The molecule has 1 aromatic heterocycles. The minimum Gasteiger partial charge on any atom is -0.345 e. The number of nitrogens with zero attached hydrogens (tertiary/aromatic N) is 2. The zero-order chi connectivity index (χ0) is 13.8. The van der Waals surface area contributed by atoms with Gasteiger partial charge in [0.25, 0.3) is 0 Å². The summed E-state index contributed by atoms with van der Waals surface area (Å²) >= 11 is 0. The molecule has 1 aromatic rings. The van der Waals surface area contributed by atoms with Crippen LogP contribution in [-0.4, -0.2) is 27.7 Å². The van der Waals surface area contributed by atoms with E-state index in [1.54, 1.807) is 6.08 Å². The van der Waals surface area contributed by atoms with Gasteiger partial charge in [-0.25, -0.2) is 4.99 Å². The van der Waals surface area contributed by atoms with Crippen molar-refractivity contribution in [1.29, 1.82) is 0 Å². The molecule has 0 unspecified atom stereocenters. The number of aromatic nitrogens is 1. The van der Waals surface area contributed by atoms with Crippen molar-refractivity contribution in [3.05, 3.63) is 48.0 Å². The molecule has 0 aliphatic carbocycles. The van der Waals surface area contributed by atoms with Crippen molar-refractivity contribution >= 4 is 24.3 Å². The summed E-state index contributed by atoms with van der Waals surface area (Å²) in [7, 11) is 0. The summed E-state index contributed by atoms with van der Waals surface area (Å²) in [6.07, 6.45) is 5.88. The van der Waals surface area contributed by atoms with Gasteiger partial charge in [0.1, 0.15) is 11.5 Å². The van der Waals surface area contributed by atoms with E-state index in [0.717, 1.165) is 34.1 Å². The van der Waals surface area contributed by atoms with Crippen LogP contribution in [0.1, 0.15) is 25.0 Å². The van der Waals surface area contributed by atoms with Gasteiger partial charge < -0.3 is 10.3 Å². The molecule has 2 aliphatic rings. The first-order valence-electron chi connectivity index (χ1n) is 6.17. The third-order valence-corrected chi connectivity index (χ3v) is 3.62. The molecule has 0 saturated carbocycles. The number of aromatic amines is 1. The molecule has 1 fully saturated rings. The van der Waals surface area contributed by atoms with E-state index in [4.69, 9.17) is 0 Å². The lowest BCUT2D eigenvalue weighted by Crippen LogP contribution is -2.44. The molecule has 4 heteroatoms. The van der Waals surface area contributed by atoms with Gasteiger partial charge >= 0.3 is 0 Å². The maximum Gasteiger partial charge on any atom is 0.237 e. The lowest BCUT2D eigenvalue weighted by molar-refractivity contribution is -0.550. The number of nitrogens with one attached hydrogen (secondary N) is 2. The van der Waals surface area contributed by atoms with Gasteiger partial charge in [-0.2, -0.15) is 4.58 Å². The molecular formula is C15H17N4+. The molecule has 2 N–H and O–H groups in total. The molecule has 0 radical (unpaired) electrons. The molecule has 0 atom stereocenters. The van der Waals surface area contributed by atoms with Crippen molar-refractivity contribution in [2.45, 2.75) is 19.5 Å². The second kappa shape index (κ2) is 3.57. The van der Waals surface area contributed by atoms with Gasteiger partial charge in [0.05, 0.1) is 11.6 Å². The molecule has 3 rings (SSSR count). The van der Waals surface area contributed by atoms with E-state index in [-0.39, 0.29) is 5.66 Å². The van der Waals surface area contributed by atoms with Crippen molar-refractivity contribution in [3.8, 4) is 0 Å². The summed E-state index contributed by atoms with van der Waals surface area (Å²) < 4.78 is 2.25. The predicted molar refractivity (Wildman–Crippen MR) is 78.9 cm³/mol. The van der Waals surface area contributed by atoms with Crippen LogP contribution in [0.4, 0.5) is 5.82 Å². The maximum absolute atomic E-state index is 4.03. The Morgan fingerprint density at radius 1 is 1.42 bits per heavy atom. The van der Waals surface area contributed by atoms with Crippen LogP contribution in [0, 0.1) is 0 Å². The lowest BCUT2D eigenvalue weighted by Gasteiger charge is -2.19. The third kappa shape index (κ3) is 1.40. The first kappa shape index (κ1) is 11.7. The molecular weight excluding hydrogens is 236 g/mol. The predicted octanol–water partition coefficient (Wildman–Crippen LogP) is 2.54. The topological polar surface area (TPSA) is 43.2 Å². The van der Waals surface area contributed by atoms with Gasteiger partial charge in [0, 0.05) is 25.6 Å². The van der Waals surface area contributed by atoms with E-state index in [1.807, 2.05) is 6.20 Å². The molecule has 96 valence electrons. The summed E-state index contributed by atoms with van der Waals surface area (Å²) in [5, 5.41) is 3.38. The van der Waals surface area contributed by atoms with Crippen LogP contribution in [0.2, 0.25) is 0 Å². The normalized spacial score (nSPS) is 19.5. The van der Waals surface area contributed by atoms with Crippen LogP contribution < -0.4 is 5.32 Å². The maximum atomic E-state index is 4.03. The summed E-state index contributed by atoms with van der Waals surface area (Å²) in [5.74, 6) is 0.753. The highest BCUT2D eigenvalue weighted by Crippen LogP contribution is 2.35. The van der Waals surface area contributed by atoms with E-state index in [1.165, 1.54) is 0 Å². The second-order valence-electron chi connectivity index (χ2n) is 5.24. The summed E-state index contributed by atoms with van der Waals surface area (Å²) in [6.45, 7) is 15.7. The van der Waals surface area contributed by atoms with E-state index in [0.29, 0.717) is 0 Å². The van der Waals surface area contributed by atoms with Gasteiger partial charge in [0.2, 0.25) is 17.1 Å². The summed E-state index contributed by atoms with van der Waals surface area (Å²) in [6, 6.07) is 0. The van der Waals surface area contributed by atoms with E-state index >= 15 is 0 Å². The average molecular weight is 253 g/mol. The number of hydrogen-bond acceptors (Lipinski definition) is 2. The van der Waals surface area contributed by atoms with Crippen molar-refractivity contribution in [2.75, 3.05) is 0 Å². The highest BCUT2D eigenvalue weighted by molar-refractivity contribution is 6.12. The van der Waals surface area contributed by atoms with Crippen LogP contribution in [0.25, 0.3) is 6.08 Å². The monoisotopic (exact) mass is 253 g/mol. The van der Waals surface area contributed by atoms with Crippen molar-refractivity contribution in [3.63, 3.8) is 0 Å². The van der Waals surface area contributed by atoms with Crippen molar-refractivity contribution < 1.29 is 4.58 Å². The van der Waals surface area contributed by atoms with Gasteiger partial charge in [-0.3, -0.25) is 0 Å². The number of fused-ring (bicyclic) bond motifs is 1. The SMILES string of the molecule is C=Cc1c(C2=[N+]3C(=C2)C(=C)NC3(C)C)c[nH]c1N=C. The van der Waals surface area contributed by atoms with Crippen LogP contribution in [0.5, 0.6) is 0 Å². The minimum absolute atomic E-state index is 0.159. The highest BCUT2D eigenvalue weighted by atomic mass is 15.3. The smallest absolute Gasteiger partial charge is 0.237 e. The summed E-state index contributed by atoms with van der Waals surface area (Å²) in [4.78, 5) is 7.10. The highest BCUT2D eigenvalue weighted by Gasteiger charge is 2.51. The molecule has 4 nitrogen and oxygen atoms in total. The quantitative estimate of drug-likeness (QED) is 0.631. The van der Waals surface area contributed by atoms with Crippen molar-refractivity contribution in [1.82, 2.24) is 10.3 Å². The third-order valence-electron chi connectivity index (χ3n) is 3.62. The molecule has 1 saturated heterocycles. The van der Waals surface area contributed by atoms with Gasteiger partial charge in [-0.1, -0.05) is 19.2 Å². The van der Waals surface area contributed by atoms with Crippen LogP contribution in [0.3, 0.4) is 0 Å². The summed E-state index contributed by atoms with van der Waals surface area (Å²) in [5.41, 5.74) is 5.16. The van der Waals surface area contributed by atoms with Gasteiger partial charge in [0.15, 0.2) is 0 Å². The first-order valence-corrected chi connectivity index (χ1v) is 6.17. The largest absolute Gasteiger partial charge is 0.345 e. The Morgan fingerprint density at radius 2 is 2.16 bits per heavy atom. The van der Waals surface area contributed by atoms with Gasteiger partial charge in [-0.15, -0.1) is 0 Å². The number of hydrogen-bond donors (Lipinski definition) is 2. The fourth-order valence-electron chi connectivity index (χ4n) is 2.81. The second-order valence-corrected chi connectivity index (χ2v) is 5.24. The van der Waals surface area contributed by atoms with Gasteiger partial charge in [-0.05, 0) is 6.72 Å². The Bertz CT molecular complexity index is 683. The van der Waals surface area contributed by atoms with E-state index in [9.17, 15) is 0 Å². The van der Waals surface area contributed by atoms with E-state index in [2.05, 4.69) is 59.7 Å². The molecule has 3 heterocycles. The Balaban J connectivity index is 2.16. The zero-order valence-electron chi connectivity index (χ0n) is 11.2. The Kier molecular flexibility index (Phi) is 2.20. The lowest BCUT2D eigenvalue weighted by atomic mass is 10.0. The van der Waals surface area contributed by atoms with Crippen LogP contribution >= 0.6 is 0 Å². The van der Waals surface area contributed by atoms with E-state index < -0.39 is 0 Å². The fraction of sp³-hybridized carbons (Fsp3) is 0.200. The van der Waals surface area contributed by atoms with Crippen molar-refractivity contribution in [2.24, 2.45) is 4.99 Å². The first-order chi connectivity index (χ1) is 8.99. The Morgan fingerprint density at radius 3 is 2.74 bits per heavy atom. The molecule has 0 spiro atoms. The molecule has 0 amide bonds. The zero-order valence-corrected chi connectivity index (χ0v) is 11.2. The standard InChI is InChI=1S/C15H16N4/c1-6-10-11(8-17-14(10)16-5)13-7-12-9(2)18-15(3,4)19(12)13/h6-8,18H,1-2,5H2,3-4H3/p+1. The molecule has 0 bridgehead atoms. The molecule has 0 aromatic carbocycles. The van der Waals surface area contributed by atoms with Crippen LogP contribution in [0.15, 0.2) is 41.8 Å². The number of rotatable bonds is 3. The fourth-order valence-corrected chi connectivity index (χ4v) is 2.81. The molecule has 19 heavy (non-hydrogen) atoms. The number of H-pyrrole nitrogens is 1. The number of aliphatic imine (C=N–C) groups is 1. The Labute approximate surface area is 112 Å². The van der Waals surface area contributed by atoms with Crippen LogP contribution in [-0.2, 0) is 0 Å². The molecule has 2 aliphatic heterocycles. The average Bonchev–Trinajstić information content (AvgIpc) is 2.75. The Hall–Kier alpha value is -2.36. The minimum atomic E-state index is -0.159. The number of allylic oxidation sites excluding steroid dienone is 1.